The Bertz CT molecular complexity index is 1430. The van der Waals surface area contributed by atoms with Crippen LogP contribution in [0.5, 0.6) is 0 Å². The minimum absolute atomic E-state index is 0.104. The number of carbonyl (C=O) groups excluding carboxylic acids is 1. The van der Waals surface area contributed by atoms with Crippen LogP contribution in [-0.2, 0) is 18.3 Å². The summed E-state index contributed by atoms with van der Waals surface area (Å²) >= 11 is 0. The Morgan fingerprint density at radius 3 is 2.89 bits per heavy atom. The van der Waals surface area contributed by atoms with E-state index in [4.69, 9.17) is 20.0 Å². The van der Waals surface area contributed by atoms with Gasteiger partial charge in [0.05, 0.1) is 30.1 Å². The van der Waals surface area contributed by atoms with Gasteiger partial charge in [0, 0.05) is 44.2 Å². The quantitative estimate of drug-likeness (QED) is 0.402. The first-order chi connectivity index (χ1) is 18.0. The van der Waals surface area contributed by atoms with E-state index >= 15 is 0 Å². The molecule has 1 aromatic carbocycles. The number of primary amides is 1. The highest BCUT2D eigenvalue weighted by Crippen LogP contribution is 2.36. The van der Waals surface area contributed by atoms with E-state index in [9.17, 15) is 4.79 Å². The van der Waals surface area contributed by atoms with Gasteiger partial charge in [0.15, 0.2) is 0 Å². The van der Waals surface area contributed by atoms with Crippen molar-refractivity contribution < 1.29 is 14.1 Å². The molecule has 1 saturated heterocycles. The topological polar surface area (TPSA) is 150 Å². The van der Waals surface area contributed by atoms with Crippen LogP contribution in [0.3, 0.4) is 0 Å². The zero-order chi connectivity index (χ0) is 25.4. The lowest BCUT2D eigenvalue weighted by atomic mass is 9.91. The lowest BCUT2D eigenvalue weighted by Gasteiger charge is -2.26. The van der Waals surface area contributed by atoms with Crippen molar-refractivity contribution in [1.82, 2.24) is 34.8 Å². The molecule has 0 spiro atoms. The number of hydrogen-bond donors (Lipinski definition) is 2. The summed E-state index contributed by atoms with van der Waals surface area (Å²) in [7, 11) is 1.86. The van der Waals surface area contributed by atoms with Gasteiger partial charge in [-0.1, -0.05) is 17.3 Å². The summed E-state index contributed by atoms with van der Waals surface area (Å²) in [6.45, 7) is 3.10. The van der Waals surface area contributed by atoms with Crippen molar-refractivity contribution in [2.75, 3.05) is 25.1 Å². The Labute approximate surface area is 212 Å². The summed E-state index contributed by atoms with van der Waals surface area (Å²) in [5, 5.41) is 11.2. The number of nitrogens with one attached hydrogen (secondary N) is 1. The second-order valence-electron chi connectivity index (χ2n) is 9.36. The van der Waals surface area contributed by atoms with Gasteiger partial charge in [0.1, 0.15) is 0 Å². The fourth-order valence-corrected chi connectivity index (χ4v) is 5.04. The molecular formula is C25H27N9O3. The first-order valence-corrected chi connectivity index (χ1v) is 12.2. The third-order valence-corrected chi connectivity index (χ3v) is 6.89. The summed E-state index contributed by atoms with van der Waals surface area (Å²) in [5.74, 6) is -0.0631. The molecule has 1 fully saturated rings. The minimum atomic E-state index is -0.705. The third-order valence-electron chi connectivity index (χ3n) is 6.89. The van der Waals surface area contributed by atoms with Gasteiger partial charge in [-0.05, 0) is 42.6 Å². The molecule has 0 bridgehead atoms. The molecule has 2 aliphatic heterocycles. The molecule has 12 heteroatoms. The van der Waals surface area contributed by atoms with E-state index in [-0.39, 0.29) is 11.7 Å². The van der Waals surface area contributed by atoms with Crippen molar-refractivity contribution in [3.05, 3.63) is 65.7 Å². The number of carbonyl (C=O) groups is 1. The number of aromatic nitrogens is 6. The summed E-state index contributed by atoms with van der Waals surface area (Å²) < 4.78 is 12.9. The number of nitrogens with zero attached hydrogens (tertiary/aromatic N) is 7. The van der Waals surface area contributed by atoms with Gasteiger partial charge in [-0.3, -0.25) is 14.4 Å². The summed E-state index contributed by atoms with van der Waals surface area (Å²) in [5.41, 5.74) is 10.2. The maximum atomic E-state index is 11.6. The highest BCUT2D eigenvalue weighted by molar-refractivity contribution is 5.88. The van der Waals surface area contributed by atoms with E-state index in [1.165, 1.54) is 0 Å². The van der Waals surface area contributed by atoms with Crippen molar-refractivity contribution in [2.24, 2.45) is 12.8 Å². The largest absolute Gasteiger partial charge is 0.380 e. The van der Waals surface area contributed by atoms with Gasteiger partial charge in [-0.25, -0.2) is 9.97 Å². The molecule has 3 N–H and O–H groups in total. The average molecular weight is 502 g/mol. The maximum absolute atomic E-state index is 11.6. The number of aryl methyl sites for hydroxylation is 1. The SMILES string of the molecule is Cn1cc(Nc2nccc(-c3ccc4c(c3)CN([C@@H]3CCOC3)CC[C@H]4c3nc(C(N)=O)no3)n2)cn1. The van der Waals surface area contributed by atoms with Gasteiger partial charge in [-0.2, -0.15) is 10.1 Å². The zero-order valence-electron chi connectivity index (χ0n) is 20.4. The van der Waals surface area contributed by atoms with Crippen LogP contribution in [0.4, 0.5) is 11.6 Å². The molecule has 37 heavy (non-hydrogen) atoms. The molecule has 190 valence electrons. The molecule has 0 radical (unpaired) electrons. The fraction of sp³-hybridized carbons (Fsp3) is 0.360. The molecule has 0 saturated carbocycles. The van der Waals surface area contributed by atoms with Gasteiger partial charge >= 0.3 is 0 Å². The van der Waals surface area contributed by atoms with Gasteiger partial charge in [0.2, 0.25) is 11.8 Å². The lowest BCUT2D eigenvalue weighted by Crippen LogP contribution is -2.35. The van der Waals surface area contributed by atoms with Crippen molar-refractivity contribution >= 4 is 17.5 Å². The summed E-state index contributed by atoms with van der Waals surface area (Å²) in [4.78, 5) is 27.4. The summed E-state index contributed by atoms with van der Waals surface area (Å²) in [6, 6.07) is 8.55. The molecular weight excluding hydrogens is 474 g/mol. The van der Waals surface area contributed by atoms with Crippen molar-refractivity contribution in [3.63, 3.8) is 0 Å². The van der Waals surface area contributed by atoms with E-state index < -0.39 is 5.91 Å². The third kappa shape index (κ3) is 4.80. The molecule has 12 nitrogen and oxygen atoms in total. The number of fused-ring (bicyclic) bond motifs is 1. The van der Waals surface area contributed by atoms with Gasteiger partial charge in [0.25, 0.3) is 11.7 Å². The lowest BCUT2D eigenvalue weighted by molar-refractivity contribution is 0.0987. The molecule has 0 unspecified atom stereocenters. The Kier molecular flexibility index (Phi) is 6.10. The van der Waals surface area contributed by atoms with E-state index in [1.54, 1.807) is 17.1 Å². The molecule has 2 atom stereocenters. The first kappa shape index (κ1) is 23.3. The molecule has 1 amide bonds. The smallest absolute Gasteiger partial charge is 0.290 e. The number of amides is 1. The van der Waals surface area contributed by atoms with Crippen LogP contribution in [0.1, 0.15) is 46.4 Å². The number of benzene rings is 1. The normalized spacial score (nSPS) is 19.9. The van der Waals surface area contributed by atoms with Crippen LogP contribution >= 0.6 is 0 Å². The Balaban J connectivity index is 1.35. The molecule has 3 aromatic heterocycles. The first-order valence-electron chi connectivity index (χ1n) is 12.2. The van der Waals surface area contributed by atoms with Crippen LogP contribution in [0, 0.1) is 0 Å². The molecule has 0 aliphatic carbocycles. The Morgan fingerprint density at radius 1 is 1.22 bits per heavy atom. The van der Waals surface area contributed by atoms with E-state index in [1.807, 2.05) is 25.4 Å². The van der Waals surface area contributed by atoms with Gasteiger partial charge < -0.3 is 20.3 Å². The van der Waals surface area contributed by atoms with Crippen molar-refractivity contribution in [3.8, 4) is 11.3 Å². The predicted octanol–water partition coefficient (Wildman–Crippen LogP) is 2.23. The number of ether oxygens (including phenoxy) is 1. The molecule has 6 rings (SSSR count). The Hall–Kier alpha value is -4.16. The maximum Gasteiger partial charge on any atom is 0.290 e. The number of nitrogens with two attached hydrogens (primary N) is 1. The highest BCUT2D eigenvalue weighted by atomic mass is 16.5. The van der Waals surface area contributed by atoms with Gasteiger partial charge in [-0.15, -0.1) is 0 Å². The predicted molar refractivity (Wildman–Crippen MR) is 133 cm³/mol. The standard InChI is InChI=1S/C25H27N9O3/c1-33-13-17(11-28-33)29-25-27-7-4-21(30-25)15-2-3-19-16(10-15)12-34(18-6-9-36-14-18)8-5-20(19)24-31-23(22(26)35)32-37-24/h2-4,7,10-11,13,18,20H,5-6,8-9,12,14H2,1H3,(H2,26,35)(H,27,29,30)/t18-,20-/m1/s1. The highest BCUT2D eigenvalue weighted by Gasteiger charge is 2.32. The van der Waals surface area contributed by atoms with E-state index in [0.29, 0.717) is 17.9 Å². The van der Waals surface area contributed by atoms with Crippen molar-refractivity contribution in [1.29, 1.82) is 0 Å². The number of hydrogen-bond acceptors (Lipinski definition) is 10. The number of rotatable bonds is 6. The minimum Gasteiger partial charge on any atom is -0.380 e. The Morgan fingerprint density at radius 2 is 2.14 bits per heavy atom. The monoisotopic (exact) mass is 501 g/mol. The number of anilines is 2. The van der Waals surface area contributed by atoms with E-state index in [0.717, 1.165) is 67.2 Å². The van der Waals surface area contributed by atoms with Crippen LogP contribution < -0.4 is 11.1 Å². The molecule has 4 aromatic rings. The van der Waals surface area contributed by atoms with Crippen LogP contribution in [0.25, 0.3) is 11.3 Å². The summed E-state index contributed by atoms with van der Waals surface area (Å²) in [6.07, 6.45) is 7.10. The van der Waals surface area contributed by atoms with Crippen LogP contribution in [0.15, 0.2) is 47.4 Å². The fourth-order valence-electron chi connectivity index (χ4n) is 5.04. The average Bonchev–Trinajstić information content (AvgIpc) is 3.65. The second kappa shape index (κ2) is 9.71. The van der Waals surface area contributed by atoms with E-state index in [2.05, 4.69) is 42.6 Å². The molecule has 2 aliphatic rings. The molecule has 5 heterocycles. The van der Waals surface area contributed by atoms with Crippen molar-refractivity contribution in [2.45, 2.75) is 31.3 Å². The zero-order valence-corrected chi connectivity index (χ0v) is 20.4. The van der Waals surface area contributed by atoms with Crippen LogP contribution in [0.2, 0.25) is 0 Å². The second-order valence-corrected chi connectivity index (χ2v) is 9.36. The van der Waals surface area contributed by atoms with Crippen LogP contribution in [-0.4, -0.2) is 66.5 Å².